The van der Waals surface area contributed by atoms with E-state index in [1.165, 1.54) is 0 Å². The van der Waals surface area contributed by atoms with Gasteiger partial charge in [-0.3, -0.25) is 4.79 Å². The second kappa shape index (κ2) is 7.68. The number of hydrogen-bond acceptors (Lipinski definition) is 4. The van der Waals surface area contributed by atoms with Gasteiger partial charge in [-0.1, -0.05) is 29.8 Å². The molecule has 3 rings (SSSR count). The highest BCUT2D eigenvalue weighted by molar-refractivity contribution is 6.31. The predicted molar refractivity (Wildman–Crippen MR) is 103 cm³/mol. The average molecular weight is 363 g/mol. The van der Waals surface area contributed by atoms with Gasteiger partial charge in [0.25, 0.3) is 5.91 Å². The van der Waals surface area contributed by atoms with Crippen molar-refractivity contribution in [3.63, 3.8) is 0 Å². The number of pyridine rings is 1. The van der Waals surface area contributed by atoms with Gasteiger partial charge in [0.05, 0.1) is 23.1 Å². The molecule has 1 aromatic heterocycles. The van der Waals surface area contributed by atoms with Gasteiger partial charge in [-0.2, -0.15) is 5.26 Å². The van der Waals surface area contributed by atoms with Crippen LogP contribution in [0.15, 0.2) is 60.8 Å². The van der Waals surface area contributed by atoms with Crippen molar-refractivity contribution in [3.8, 4) is 6.07 Å². The zero-order chi connectivity index (χ0) is 18.5. The Hall–Kier alpha value is -3.36. The third-order valence-corrected chi connectivity index (χ3v) is 4.01. The first-order valence-electron chi connectivity index (χ1n) is 7.86. The number of halogens is 1. The number of para-hydroxylation sites is 1. The minimum Gasteiger partial charge on any atom is -0.353 e. The molecule has 3 aromatic rings. The number of hydrogen-bond donors (Lipinski definition) is 2. The summed E-state index contributed by atoms with van der Waals surface area (Å²) in [5.41, 5.74) is 3.74. The van der Waals surface area contributed by atoms with Crippen LogP contribution < -0.4 is 10.6 Å². The number of carbonyl (C=O) groups is 1. The molecular weight excluding hydrogens is 348 g/mol. The molecule has 0 fully saturated rings. The molecular formula is C20H15ClN4O. The maximum absolute atomic E-state index is 12.4. The first kappa shape index (κ1) is 17.5. The summed E-state index contributed by atoms with van der Waals surface area (Å²) in [5, 5.41) is 15.6. The van der Waals surface area contributed by atoms with Gasteiger partial charge < -0.3 is 10.6 Å². The fourth-order valence-corrected chi connectivity index (χ4v) is 2.53. The van der Waals surface area contributed by atoms with Crippen molar-refractivity contribution in [2.24, 2.45) is 0 Å². The van der Waals surface area contributed by atoms with E-state index in [-0.39, 0.29) is 11.6 Å². The third-order valence-electron chi connectivity index (χ3n) is 3.77. The zero-order valence-electron chi connectivity index (χ0n) is 14.0. The standard InChI is InChI=1S/C20H15ClN4O/c1-13-6-7-15(21)10-19(13)25-20(26)18-9-8-16(12-23-18)24-17-5-3-2-4-14(17)11-22/h2-10,12,24H,1H3,(H,25,26). The SMILES string of the molecule is Cc1ccc(Cl)cc1NC(=O)c1ccc(Nc2ccccc2C#N)cn1. The highest BCUT2D eigenvalue weighted by atomic mass is 35.5. The van der Waals surface area contributed by atoms with Crippen LogP contribution in [-0.4, -0.2) is 10.9 Å². The first-order chi connectivity index (χ1) is 12.6. The van der Waals surface area contributed by atoms with E-state index >= 15 is 0 Å². The number of rotatable bonds is 4. The van der Waals surface area contributed by atoms with Crippen LogP contribution in [0.1, 0.15) is 21.6 Å². The molecule has 0 saturated carbocycles. The summed E-state index contributed by atoms with van der Waals surface area (Å²) in [5.74, 6) is -0.320. The quantitative estimate of drug-likeness (QED) is 0.691. The molecule has 0 saturated heterocycles. The lowest BCUT2D eigenvalue weighted by atomic mass is 10.2. The molecule has 5 nitrogen and oxygen atoms in total. The molecule has 0 aliphatic rings. The van der Waals surface area contributed by atoms with E-state index in [0.29, 0.717) is 27.6 Å². The Kier molecular flexibility index (Phi) is 5.16. The van der Waals surface area contributed by atoms with Gasteiger partial charge >= 0.3 is 0 Å². The Morgan fingerprint density at radius 2 is 1.92 bits per heavy atom. The zero-order valence-corrected chi connectivity index (χ0v) is 14.7. The highest BCUT2D eigenvalue weighted by Crippen LogP contribution is 2.22. The lowest BCUT2D eigenvalue weighted by Crippen LogP contribution is -2.14. The number of amides is 1. The number of benzene rings is 2. The van der Waals surface area contributed by atoms with E-state index in [4.69, 9.17) is 16.9 Å². The Morgan fingerprint density at radius 1 is 1.12 bits per heavy atom. The summed E-state index contributed by atoms with van der Waals surface area (Å²) < 4.78 is 0. The predicted octanol–water partition coefficient (Wildman–Crippen LogP) is 4.91. The van der Waals surface area contributed by atoms with Gasteiger partial charge in [0.1, 0.15) is 11.8 Å². The molecule has 128 valence electrons. The maximum Gasteiger partial charge on any atom is 0.274 e. The van der Waals surface area contributed by atoms with Crippen LogP contribution in [0.4, 0.5) is 17.1 Å². The Labute approximate surface area is 156 Å². The summed E-state index contributed by atoms with van der Waals surface area (Å²) in [6.07, 6.45) is 1.55. The van der Waals surface area contributed by atoms with Crippen molar-refractivity contribution in [3.05, 3.63) is 82.6 Å². The lowest BCUT2D eigenvalue weighted by Gasteiger charge is -2.10. The van der Waals surface area contributed by atoms with Crippen molar-refractivity contribution in [1.82, 2.24) is 4.98 Å². The van der Waals surface area contributed by atoms with Gasteiger partial charge in [0, 0.05) is 10.7 Å². The molecule has 1 amide bonds. The molecule has 0 aliphatic heterocycles. The summed E-state index contributed by atoms with van der Waals surface area (Å²) in [4.78, 5) is 16.6. The number of aromatic nitrogens is 1. The summed E-state index contributed by atoms with van der Waals surface area (Å²) in [7, 11) is 0. The molecule has 0 bridgehead atoms. The van der Waals surface area contributed by atoms with E-state index in [9.17, 15) is 4.79 Å². The van der Waals surface area contributed by atoms with Gasteiger partial charge in [-0.25, -0.2) is 4.98 Å². The maximum atomic E-state index is 12.4. The molecule has 26 heavy (non-hydrogen) atoms. The Morgan fingerprint density at radius 3 is 2.65 bits per heavy atom. The molecule has 2 N–H and O–H groups in total. The van der Waals surface area contributed by atoms with Gasteiger partial charge in [-0.15, -0.1) is 0 Å². The minimum absolute atomic E-state index is 0.281. The first-order valence-corrected chi connectivity index (χ1v) is 8.24. The topological polar surface area (TPSA) is 77.8 Å². The van der Waals surface area contributed by atoms with Crippen molar-refractivity contribution in [1.29, 1.82) is 5.26 Å². The largest absolute Gasteiger partial charge is 0.353 e. The molecule has 0 atom stereocenters. The number of nitrogens with one attached hydrogen (secondary N) is 2. The Bertz CT molecular complexity index is 993. The summed E-state index contributed by atoms with van der Waals surface area (Å²) in [6, 6.07) is 18.0. The smallest absolute Gasteiger partial charge is 0.274 e. The van der Waals surface area contributed by atoms with E-state index in [2.05, 4.69) is 21.7 Å². The second-order valence-electron chi connectivity index (χ2n) is 5.63. The van der Waals surface area contributed by atoms with Gasteiger partial charge in [0.2, 0.25) is 0 Å². The highest BCUT2D eigenvalue weighted by Gasteiger charge is 2.10. The monoisotopic (exact) mass is 362 g/mol. The fourth-order valence-electron chi connectivity index (χ4n) is 2.36. The van der Waals surface area contributed by atoms with Crippen LogP contribution in [0, 0.1) is 18.3 Å². The molecule has 0 radical (unpaired) electrons. The van der Waals surface area contributed by atoms with Crippen LogP contribution >= 0.6 is 11.6 Å². The van der Waals surface area contributed by atoms with Crippen LogP contribution in [0.3, 0.4) is 0 Å². The number of nitriles is 1. The van der Waals surface area contributed by atoms with Crippen LogP contribution in [0.25, 0.3) is 0 Å². The minimum atomic E-state index is -0.320. The molecule has 0 spiro atoms. The van der Waals surface area contributed by atoms with E-state index in [1.54, 1.807) is 48.7 Å². The molecule has 0 aliphatic carbocycles. The van der Waals surface area contributed by atoms with Gasteiger partial charge in [0.15, 0.2) is 0 Å². The van der Waals surface area contributed by atoms with E-state index < -0.39 is 0 Å². The molecule has 6 heteroatoms. The van der Waals surface area contributed by atoms with E-state index in [1.807, 2.05) is 19.1 Å². The van der Waals surface area contributed by atoms with Crippen LogP contribution in [-0.2, 0) is 0 Å². The number of anilines is 3. The van der Waals surface area contributed by atoms with Gasteiger partial charge in [-0.05, 0) is 48.9 Å². The van der Waals surface area contributed by atoms with Crippen LogP contribution in [0.5, 0.6) is 0 Å². The average Bonchev–Trinajstić information content (AvgIpc) is 2.65. The third kappa shape index (κ3) is 4.00. The number of aryl methyl sites for hydroxylation is 1. The summed E-state index contributed by atoms with van der Waals surface area (Å²) >= 11 is 5.97. The van der Waals surface area contributed by atoms with Crippen molar-refractivity contribution in [2.45, 2.75) is 6.92 Å². The normalized spacial score (nSPS) is 10.0. The van der Waals surface area contributed by atoms with Crippen LogP contribution in [0.2, 0.25) is 5.02 Å². The number of nitrogens with zero attached hydrogens (tertiary/aromatic N) is 2. The van der Waals surface area contributed by atoms with Crippen molar-refractivity contribution >= 4 is 34.6 Å². The van der Waals surface area contributed by atoms with Crippen molar-refractivity contribution < 1.29 is 4.79 Å². The Balaban J connectivity index is 1.74. The van der Waals surface area contributed by atoms with Crippen molar-refractivity contribution in [2.75, 3.05) is 10.6 Å². The number of carbonyl (C=O) groups excluding carboxylic acids is 1. The molecule has 2 aromatic carbocycles. The molecule has 0 unspecified atom stereocenters. The molecule has 1 heterocycles. The fraction of sp³-hybridized carbons (Fsp3) is 0.0500. The second-order valence-corrected chi connectivity index (χ2v) is 6.06. The summed E-state index contributed by atoms with van der Waals surface area (Å²) in [6.45, 7) is 1.89. The van der Waals surface area contributed by atoms with E-state index in [0.717, 1.165) is 5.56 Å². The lowest BCUT2D eigenvalue weighted by molar-refractivity contribution is 0.102.